The summed E-state index contributed by atoms with van der Waals surface area (Å²) in [4.78, 5) is 7.14. The predicted octanol–water partition coefficient (Wildman–Crippen LogP) is 5.44. The molecule has 1 aliphatic heterocycles. The molecule has 3 heteroatoms. The molecule has 0 N–H and O–H groups in total. The third-order valence-corrected chi connectivity index (χ3v) is 4.22. The Balaban J connectivity index is 1.85. The third kappa shape index (κ3) is 2.73. The molecule has 0 bridgehead atoms. The van der Waals surface area contributed by atoms with Crippen LogP contribution < -0.4 is 4.90 Å². The molecule has 4 rings (SSSR count). The highest BCUT2D eigenvalue weighted by Gasteiger charge is 2.22. The van der Waals surface area contributed by atoms with E-state index in [1.165, 1.54) is 5.56 Å². The predicted molar refractivity (Wildman–Crippen MR) is 96.7 cm³/mol. The molecule has 0 amide bonds. The molecular formula is C20H15ClN2. The van der Waals surface area contributed by atoms with Gasteiger partial charge < -0.3 is 4.90 Å². The number of para-hydroxylation sites is 1. The zero-order valence-electron chi connectivity index (χ0n) is 12.5. The summed E-state index contributed by atoms with van der Waals surface area (Å²) in [6.45, 7) is 0.797. The lowest BCUT2D eigenvalue weighted by Gasteiger charge is -2.31. The number of benzene rings is 3. The zero-order chi connectivity index (χ0) is 15.6. The van der Waals surface area contributed by atoms with Crippen molar-refractivity contribution < 1.29 is 0 Å². The van der Waals surface area contributed by atoms with E-state index in [0.29, 0.717) is 0 Å². The minimum absolute atomic E-state index is 0.740. The van der Waals surface area contributed by atoms with Gasteiger partial charge in [-0.2, -0.15) is 0 Å². The van der Waals surface area contributed by atoms with Crippen molar-refractivity contribution in [3.05, 3.63) is 95.0 Å². The maximum absolute atomic E-state index is 6.04. The van der Waals surface area contributed by atoms with E-state index in [-0.39, 0.29) is 0 Å². The number of rotatable bonds is 2. The SMILES string of the molecule is Clc1ccc(N2Cc3ccccc3N=C2c2ccccc2)cc1. The molecule has 0 spiro atoms. The second-order valence-corrected chi connectivity index (χ2v) is 5.93. The summed E-state index contributed by atoms with van der Waals surface area (Å²) in [6.07, 6.45) is 0. The fraction of sp³-hybridized carbons (Fsp3) is 0.0500. The van der Waals surface area contributed by atoms with Crippen molar-refractivity contribution in [3.63, 3.8) is 0 Å². The van der Waals surface area contributed by atoms with Gasteiger partial charge in [-0.05, 0) is 35.9 Å². The highest BCUT2D eigenvalue weighted by Crippen LogP contribution is 2.31. The third-order valence-electron chi connectivity index (χ3n) is 3.97. The van der Waals surface area contributed by atoms with Crippen molar-refractivity contribution in [3.8, 4) is 0 Å². The Bertz CT molecular complexity index is 854. The Morgan fingerprint density at radius 2 is 1.48 bits per heavy atom. The quantitative estimate of drug-likeness (QED) is 0.614. The van der Waals surface area contributed by atoms with Crippen molar-refractivity contribution in [1.82, 2.24) is 0 Å². The van der Waals surface area contributed by atoms with Gasteiger partial charge in [-0.15, -0.1) is 0 Å². The van der Waals surface area contributed by atoms with E-state index < -0.39 is 0 Å². The molecule has 1 aliphatic rings. The van der Waals surface area contributed by atoms with Crippen LogP contribution in [0.15, 0.2) is 83.9 Å². The highest BCUT2D eigenvalue weighted by atomic mass is 35.5. The molecule has 0 unspecified atom stereocenters. The molecule has 0 saturated heterocycles. The molecule has 3 aromatic carbocycles. The first-order valence-electron chi connectivity index (χ1n) is 7.56. The summed E-state index contributed by atoms with van der Waals surface area (Å²) in [6, 6.07) is 26.5. The number of halogens is 1. The molecule has 0 aromatic heterocycles. The summed E-state index contributed by atoms with van der Waals surface area (Å²) >= 11 is 6.04. The number of hydrogen-bond acceptors (Lipinski definition) is 2. The molecule has 0 fully saturated rings. The first-order valence-corrected chi connectivity index (χ1v) is 7.94. The number of anilines is 1. The van der Waals surface area contributed by atoms with Gasteiger partial charge in [0, 0.05) is 16.3 Å². The molecule has 0 aliphatic carbocycles. The van der Waals surface area contributed by atoms with Crippen LogP contribution in [0.1, 0.15) is 11.1 Å². The first-order chi connectivity index (χ1) is 11.3. The summed E-state index contributed by atoms with van der Waals surface area (Å²) in [5.41, 5.74) is 4.46. The van der Waals surface area contributed by atoms with E-state index in [1.807, 2.05) is 48.5 Å². The first kappa shape index (κ1) is 14.0. The number of fused-ring (bicyclic) bond motifs is 1. The largest absolute Gasteiger partial charge is 0.321 e. The number of nitrogens with zero attached hydrogens (tertiary/aromatic N) is 2. The molecule has 1 heterocycles. The topological polar surface area (TPSA) is 15.6 Å². The second-order valence-electron chi connectivity index (χ2n) is 5.49. The molecular weight excluding hydrogens is 304 g/mol. The van der Waals surface area contributed by atoms with Crippen LogP contribution in [-0.4, -0.2) is 5.84 Å². The minimum Gasteiger partial charge on any atom is -0.321 e. The maximum Gasteiger partial charge on any atom is 0.141 e. The summed E-state index contributed by atoms with van der Waals surface area (Å²) in [5, 5.41) is 0.740. The van der Waals surface area contributed by atoms with Gasteiger partial charge in [0.2, 0.25) is 0 Å². The minimum atomic E-state index is 0.740. The molecule has 0 saturated carbocycles. The lowest BCUT2D eigenvalue weighted by Crippen LogP contribution is -2.33. The van der Waals surface area contributed by atoms with Gasteiger partial charge in [0.25, 0.3) is 0 Å². The van der Waals surface area contributed by atoms with Gasteiger partial charge in [-0.3, -0.25) is 0 Å². The van der Waals surface area contributed by atoms with Gasteiger partial charge in [0.1, 0.15) is 5.84 Å². The van der Waals surface area contributed by atoms with Crippen LogP contribution in [0.2, 0.25) is 5.02 Å². The lowest BCUT2D eigenvalue weighted by atomic mass is 10.1. The molecule has 23 heavy (non-hydrogen) atoms. The van der Waals surface area contributed by atoms with Crippen LogP contribution in [0, 0.1) is 0 Å². The molecule has 2 nitrogen and oxygen atoms in total. The van der Waals surface area contributed by atoms with Crippen molar-refractivity contribution >= 4 is 28.8 Å². The molecule has 0 atom stereocenters. The van der Waals surface area contributed by atoms with Crippen molar-refractivity contribution in [2.45, 2.75) is 6.54 Å². The number of amidine groups is 1. The van der Waals surface area contributed by atoms with Gasteiger partial charge in [-0.25, -0.2) is 4.99 Å². The summed E-state index contributed by atoms with van der Waals surface area (Å²) < 4.78 is 0. The average Bonchev–Trinajstić information content (AvgIpc) is 2.62. The van der Waals surface area contributed by atoms with Crippen LogP contribution in [0.25, 0.3) is 0 Å². The monoisotopic (exact) mass is 318 g/mol. The van der Waals surface area contributed by atoms with Gasteiger partial charge in [0.15, 0.2) is 0 Å². The Kier molecular flexibility index (Phi) is 3.60. The van der Waals surface area contributed by atoms with E-state index in [4.69, 9.17) is 16.6 Å². The van der Waals surface area contributed by atoms with E-state index in [0.717, 1.165) is 34.3 Å². The summed E-state index contributed by atoms with van der Waals surface area (Å²) in [7, 11) is 0. The highest BCUT2D eigenvalue weighted by molar-refractivity contribution is 6.30. The smallest absolute Gasteiger partial charge is 0.141 e. The van der Waals surface area contributed by atoms with Crippen molar-refractivity contribution in [1.29, 1.82) is 0 Å². The van der Waals surface area contributed by atoms with Crippen molar-refractivity contribution in [2.24, 2.45) is 4.99 Å². The average molecular weight is 319 g/mol. The van der Waals surface area contributed by atoms with E-state index in [1.54, 1.807) is 0 Å². The zero-order valence-corrected chi connectivity index (χ0v) is 13.2. The lowest BCUT2D eigenvalue weighted by molar-refractivity contribution is 0.977. The van der Waals surface area contributed by atoms with Gasteiger partial charge >= 0.3 is 0 Å². The van der Waals surface area contributed by atoms with Crippen LogP contribution in [0.5, 0.6) is 0 Å². The fourth-order valence-electron chi connectivity index (χ4n) is 2.82. The molecule has 112 valence electrons. The molecule has 3 aromatic rings. The molecule has 0 radical (unpaired) electrons. The standard InChI is InChI=1S/C20H15ClN2/c21-17-10-12-18(13-11-17)23-14-16-8-4-5-9-19(16)22-20(23)15-6-2-1-3-7-15/h1-13H,14H2. The van der Waals surface area contributed by atoms with E-state index in [2.05, 4.69) is 35.2 Å². The van der Waals surface area contributed by atoms with Gasteiger partial charge in [0.05, 0.1) is 12.2 Å². The Hall–Kier alpha value is -2.58. The normalized spacial score (nSPS) is 13.4. The van der Waals surface area contributed by atoms with Crippen LogP contribution in [0.3, 0.4) is 0 Å². The van der Waals surface area contributed by atoms with Crippen LogP contribution in [0.4, 0.5) is 11.4 Å². The van der Waals surface area contributed by atoms with E-state index in [9.17, 15) is 0 Å². The van der Waals surface area contributed by atoms with E-state index >= 15 is 0 Å². The van der Waals surface area contributed by atoms with Crippen LogP contribution >= 0.6 is 11.6 Å². The summed E-state index contributed by atoms with van der Waals surface area (Å²) in [5.74, 6) is 0.964. The number of hydrogen-bond donors (Lipinski definition) is 0. The van der Waals surface area contributed by atoms with Crippen molar-refractivity contribution in [2.75, 3.05) is 4.90 Å². The maximum atomic E-state index is 6.04. The Labute approximate surface area is 140 Å². The van der Waals surface area contributed by atoms with Gasteiger partial charge in [-0.1, -0.05) is 60.1 Å². The number of aliphatic imine (C=N–C) groups is 1. The Morgan fingerprint density at radius 3 is 2.26 bits per heavy atom. The Morgan fingerprint density at radius 1 is 0.783 bits per heavy atom. The fourth-order valence-corrected chi connectivity index (χ4v) is 2.94. The second kappa shape index (κ2) is 5.90. The van der Waals surface area contributed by atoms with Crippen LogP contribution in [-0.2, 0) is 6.54 Å².